The first kappa shape index (κ1) is 21.2. The standard InChI is InChI=1S/C13H11BrO.C12H9BrO/c1-15-13-8-7-11(9-12(13)14)10-5-3-2-4-6-10;13-11-8-10(6-7-12(11)14)9-4-2-1-3-5-9/h2-9H,1H3;1-8,14H. The average molecular weight is 512 g/mol. The van der Waals surface area contributed by atoms with Crippen molar-refractivity contribution < 1.29 is 9.84 Å². The SMILES string of the molecule is COc1ccc(-c2ccccc2)cc1Br.Oc1ccc(-c2ccccc2)cc1Br. The van der Waals surface area contributed by atoms with E-state index in [0.717, 1.165) is 25.8 Å². The molecule has 1 N–H and O–H groups in total. The minimum absolute atomic E-state index is 0.268. The first-order chi connectivity index (χ1) is 14.1. The summed E-state index contributed by atoms with van der Waals surface area (Å²) < 4.78 is 6.89. The van der Waals surface area contributed by atoms with E-state index in [9.17, 15) is 5.11 Å². The molecule has 0 aromatic heterocycles. The zero-order valence-corrected chi connectivity index (χ0v) is 19.0. The molecular formula is C25H20Br2O2. The number of phenolic OH excluding ortho intramolecular Hbond substituents is 1. The Labute approximate surface area is 188 Å². The highest BCUT2D eigenvalue weighted by Gasteiger charge is 2.02. The lowest BCUT2D eigenvalue weighted by Crippen LogP contribution is -1.85. The van der Waals surface area contributed by atoms with Gasteiger partial charge in [-0.05, 0) is 78.4 Å². The van der Waals surface area contributed by atoms with Crippen LogP contribution in [-0.4, -0.2) is 12.2 Å². The molecule has 0 bridgehead atoms. The van der Waals surface area contributed by atoms with Gasteiger partial charge in [-0.1, -0.05) is 72.8 Å². The molecule has 146 valence electrons. The fraction of sp³-hybridized carbons (Fsp3) is 0.0400. The second-order valence-corrected chi connectivity index (χ2v) is 7.96. The lowest BCUT2D eigenvalue weighted by molar-refractivity contribution is 0.412. The highest BCUT2D eigenvalue weighted by molar-refractivity contribution is 9.10. The van der Waals surface area contributed by atoms with Gasteiger partial charge in [0, 0.05) is 0 Å². The average Bonchev–Trinajstić information content (AvgIpc) is 2.77. The van der Waals surface area contributed by atoms with Crippen LogP contribution in [0.5, 0.6) is 11.5 Å². The van der Waals surface area contributed by atoms with E-state index in [-0.39, 0.29) is 5.75 Å². The van der Waals surface area contributed by atoms with Gasteiger partial charge < -0.3 is 9.84 Å². The summed E-state index contributed by atoms with van der Waals surface area (Å²) in [5.74, 6) is 1.12. The van der Waals surface area contributed by atoms with E-state index in [1.165, 1.54) is 11.1 Å². The van der Waals surface area contributed by atoms with Gasteiger partial charge in [-0.25, -0.2) is 0 Å². The lowest BCUT2D eigenvalue weighted by Gasteiger charge is -2.06. The van der Waals surface area contributed by atoms with Crippen molar-refractivity contribution in [1.82, 2.24) is 0 Å². The van der Waals surface area contributed by atoms with Crippen molar-refractivity contribution in [2.75, 3.05) is 7.11 Å². The number of aromatic hydroxyl groups is 1. The monoisotopic (exact) mass is 510 g/mol. The molecule has 0 aliphatic heterocycles. The number of hydrogen-bond donors (Lipinski definition) is 1. The summed E-state index contributed by atoms with van der Waals surface area (Å²) in [6.07, 6.45) is 0. The van der Waals surface area contributed by atoms with Crippen LogP contribution in [0.4, 0.5) is 0 Å². The van der Waals surface area contributed by atoms with Crippen LogP contribution >= 0.6 is 31.9 Å². The van der Waals surface area contributed by atoms with E-state index < -0.39 is 0 Å². The van der Waals surface area contributed by atoms with Gasteiger partial charge in [0.15, 0.2) is 0 Å². The predicted octanol–water partition coefficient (Wildman–Crippen LogP) is 7.95. The Balaban J connectivity index is 0.000000166. The van der Waals surface area contributed by atoms with Gasteiger partial charge in [-0.15, -0.1) is 0 Å². The molecule has 2 nitrogen and oxygen atoms in total. The van der Waals surface area contributed by atoms with Gasteiger partial charge >= 0.3 is 0 Å². The minimum atomic E-state index is 0.268. The molecule has 0 aliphatic rings. The van der Waals surface area contributed by atoms with Crippen molar-refractivity contribution in [2.24, 2.45) is 0 Å². The number of hydrogen-bond acceptors (Lipinski definition) is 2. The second kappa shape index (κ2) is 10.3. The molecule has 0 saturated heterocycles. The van der Waals surface area contributed by atoms with E-state index in [0.29, 0.717) is 0 Å². The van der Waals surface area contributed by atoms with Crippen LogP contribution in [-0.2, 0) is 0 Å². The largest absolute Gasteiger partial charge is 0.507 e. The highest BCUT2D eigenvalue weighted by atomic mass is 79.9. The fourth-order valence-corrected chi connectivity index (χ4v) is 3.71. The normalized spacial score (nSPS) is 10.0. The van der Waals surface area contributed by atoms with Crippen molar-refractivity contribution in [3.8, 4) is 33.8 Å². The van der Waals surface area contributed by atoms with Crippen LogP contribution in [0.25, 0.3) is 22.3 Å². The number of phenols is 1. The molecule has 29 heavy (non-hydrogen) atoms. The van der Waals surface area contributed by atoms with Gasteiger partial charge in [-0.3, -0.25) is 0 Å². The molecule has 0 aliphatic carbocycles. The maximum Gasteiger partial charge on any atom is 0.133 e. The second-order valence-electron chi connectivity index (χ2n) is 6.25. The van der Waals surface area contributed by atoms with Gasteiger partial charge in [0.2, 0.25) is 0 Å². The molecule has 0 unspecified atom stereocenters. The molecule has 0 fully saturated rings. The maximum absolute atomic E-state index is 9.34. The lowest BCUT2D eigenvalue weighted by atomic mass is 10.1. The van der Waals surface area contributed by atoms with Gasteiger partial charge in [0.25, 0.3) is 0 Å². The summed E-state index contributed by atoms with van der Waals surface area (Å²) in [6.45, 7) is 0. The van der Waals surface area contributed by atoms with E-state index in [1.807, 2.05) is 66.7 Å². The number of halogens is 2. The maximum atomic E-state index is 9.34. The van der Waals surface area contributed by atoms with E-state index in [4.69, 9.17) is 4.74 Å². The quantitative estimate of drug-likeness (QED) is 0.302. The molecular weight excluding hydrogens is 492 g/mol. The Bertz CT molecular complexity index is 1060. The Morgan fingerprint density at radius 2 is 1.07 bits per heavy atom. The summed E-state index contributed by atoms with van der Waals surface area (Å²) in [5.41, 5.74) is 4.63. The first-order valence-corrected chi connectivity index (χ1v) is 10.6. The van der Waals surface area contributed by atoms with Crippen molar-refractivity contribution >= 4 is 31.9 Å². The van der Waals surface area contributed by atoms with E-state index in [2.05, 4.69) is 56.1 Å². The smallest absolute Gasteiger partial charge is 0.133 e. The topological polar surface area (TPSA) is 29.5 Å². The summed E-state index contributed by atoms with van der Waals surface area (Å²) >= 11 is 6.77. The van der Waals surface area contributed by atoms with Crippen molar-refractivity contribution in [3.63, 3.8) is 0 Å². The molecule has 0 radical (unpaired) electrons. The number of ether oxygens (including phenoxy) is 1. The van der Waals surface area contributed by atoms with E-state index >= 15 is 0 Å². The molecule has 4 aromatic rings. The van der Waals surface area contributed by atoms with Gasteiger partial charge in [0.05, 0.1) is 16.1 Å². The fourth-order valence-electron chi connectivity index (χ4n) is 2.79. The van der Waals surface area contributed by atoms with Crippen molar-refractivity contribution in [2.45, 2.75) is 0 Å². The molecule has 0 atom stereocenters. The van der Waals surface area contributed by atoms with Crippen LogP contribution in [0.15, 0.2) is 106 Å². The Morgan fingerprint density at radius 3 is 1.52 bits per heavy atom. The van der Waals surface area contributed by atoms with Crippen LogP contribution in [0.3, 0.4) is 0 Å². The molecule has 0 saturated carbocycles. The van der Waals surface area contributed by atoms with Gasteiger partial charge in [-0.2, -0.15) is 0 Å². The number of methoxy groups -OCH3 is 1. The Kier molecular flexibility index (Phi) is 7.50. The summed E-state index contributed by atoms with van der Waals surface area (Å²) in [4.78, 5) is 0. The predicted molar refractivity (Wildman–Crippen MR) is 127 cm³/mol. The summed E-state index contributed by atoms with van der Waals surface area (Å²) in [6, 6.07) is 31.9. The molecule has 0 amide bonds. The van der Waals surface area contributed by atoms with Crippen molar-refractivity contribution in [3.05, 3.63) is 106 Å². The molecule has 4 aromatic carbocycles. The van der Waals surface area contributed by atoms with Crippen molar-refractivity contribution in [1.29, 1.82) is 0 Å². The van der Waals surface area contributed by atoms with Crippen LogP contribution in [0, 0.1) is 0 Å². The van der Waals surface area contributed by atoms with E-state index in [1.54, 1.807) is 13.2 Å². The zero-order valence-electron chi connectivity index (χ0n) is 15.8. The highest BCUT2D eigenvalue weighted by Crippen LogP contribution is 2.30. The van der Waals surface area contributed by atoms with Crippen LogP contribution in [0.1, 0.15) is 0 Å². The third-order valence-electron chi connectivity index (χ3n) is 4.31. The van der Waals surface area contributed by atoms with Crippen LogP contribution in [0.2, 0.25) is 0 Å². The van der Waals surface area contributed by atoms with Crippen LogP contribution < -0.4 is 4.74 Å². The molecule has 4 heteroatoms. The molecule has 4 rings (SSSR count). The summed E-state index contributed by atoms with van der Waals surface area (Å²) in [7, 11) is 1.67. The number of rotatable bonds is 3. The minimum Gasteiger partial charge on any atom is -0.507 e. The Morgan fingerprint density at radius 1 is 0.586 bits per heavy atom. The summed E-state index contributed by atoms with van der Waals surface area (Å²) in [5, 5.41) is 9.34. The van der Waals surface area contributed by atoms with Gasteiger partial charge in [0.1, 0.15) is 11.5 Å². The molecule has 0 heterocycles. The zero-order chi connectivity index (χ0) is 20.6. The third kappa shape index (κ3) is 5.72. The third-order valence-corrected chi connectivity index (χ3v) is 5.57. The Hall–Kier alpha value is -2.56. The first-order valence-electron chi connectivity index (χ1n) is 9.01. The molecule has 0 spiro atoms. The number of benzene rings is 4.